The van der Waals surface area contributed by atoms with Crippen LogP contribution in [0, 0.1) is 0 Å². The van der Waals surface area contributed by atoms with Gasteiger partial charge in [-0.3, -0.25) is 9.10 Å². The topological polar surface area (TPSA) is 97.3 Å². The third-order valence-electron chi connectivity index (χ3n) is 5.34. The molecule has 0 aromatic heterocycles. The van der Waals surface area contributed by atoms with Gasteiger partial charge in [0.2, 0.25) is 10.0 Å². The van der Waals surface area contributed by atoms with Gasteiger partial charge >= 0.3 is 0 Å². The first-order valence-corrected chi connectivity index (χ1v) is 13.6. The highest BCUT2D eigenvalue weighted by molar-refractivity contribution is 7.92. The van der Waals surface area contributed by atoms with E-state index in [1.807, 2.05) is 78.9 Å². The zero-order valence-corrected chi connectivity index (χ0v) is 21.5. The van der Waals surface area contributed by atoms with Crippen LogP contribution in [-0.4, -0.2) is 33.3 Å². The van der Waals surface area contributed by atoms with Crippen molar-refractivity contribution in [1.82, 2.24) is 5.43 Å². The second-order valence-electron chi connectivity index (χ2n) is 8.28. The molecule has 0 spiro atoms. The van der Waals surface area contributed by atoms with Crippen LogP contribution in [-0.2, 0) is 21.4 Å². The average molecular weight is 530 g/mol. The van der Waals surface area contributed by atoms with Crippen LogP contribution in [0.1, 0.15) is 11.1 Å². The van der Waals surface area contributed by atoms with Gasteiger partial charge < -0.3 is 9.47 Å². The van der Waals surface area contributed by atoms with Crippen LogP contribution >= 0.6 is 0 Å². The van der Waals surface area contributed by atoms with E-state index < -0.39 is 22.5 Å². The molecule has 0 aliphatic carbocycles. The number of hydrazone groups is 1. The smallest absolute Gasteiger partial charge is 0.260 e. The molecule has 0 aliphatic heterocycles. The van der Waals surface area contributed by atoms with Crippen molar-refractivity contribution in [2.45, 2.75) is 6.61 Å². The van der Waals surface area contributed by atoms with E-state index in [1.54, 1.807) is 30.3 Å². The lowest BCUT2D eigenvalue weighted by Gasteiger charge is -2.21. The zero-order valence-electron chi connectivity index (χ0n) is 20.7. The number of nitrogens with one attached hydrogen (secondary N) is 1. The van der Waals surface area contributed by atoms with E-state index in [9.17, 15) is 13.2 Å². The summed E-state index contributed by atoms with van der Waals surface area (Å²) in [5.74, 6) is 1.20. The van der Waals surface area contributed by atoms with Gasteiger partial charge in [0.1, 0.15) is 30.4 Å². The molecule has 0 heterocycles. The summed E-state index contributed by atoms with van der Waals surface area (Å²) < 4.78 is 37.5. The Morgan fingerprint density at radius 3 is 2.13 bits per heavy atom. The Hall–Kier alpha value is -4.63. The summed E-state index contributed by atoms with van der Waals surface area (Å²) in [5.41, 5.74) is 4.40. The molecule has 4 aromatic rings. The summed E-state index contributed by atoms with van der Waals surface area (Å²) in [6.07, 6.45) is 2.50. The van der Waals surface area contributed by atoms with E-state index >= 15 is 0 Å². The Kier molecular flexibility index (Phi) is 8.73. The number of ether oxygens (including phenoxy) is 2. The van der Waals surface area contributed by atoms with E-state index in [0.29, 0.717) is 35.1 Å². The number of carbonyl (C=O) groups is 1. The maximum absolute atomic E-state index is 12.6. The van der Waals surface area contributed by atoms with Gasteiger partial charge in [0.25, 0.3) is 5.91 Å². The molecule has 0 unspecified atom stereocenters. The predicted octanol–water partition coefficient (Wildman–Crippen LogP) is 4.97. The first kappa shape index (κ1) is 26.4. The van der Waals surface area contributed by atoms with Crippen molar-refractivity contribution < 1.29 is 22.7 Å². The molecule has 0 radical (unpaired) electrons. The van der Waals surface area contributed by atoms with Crippen molar-refractivity contribution in [3.8, 4) is 17.2 Å². The molecule has 0 atom stereocenters. The normalized spacial score (nSPS) is 11.2. The zero-order chi connectivity index (χ0) is 26.8. The highest BCUT2D eigenvalue weighted by Gasteiger charge is 2.21. The van der Waals surface area contributed by atoms with Crippen LogP contribution in [0.4, 0.5) is 5.69 Å². The van der Waals surface area contributed by atoms with Gasteiger partial charge in [-0.1, -0.05) is 60.7 Å². The summed E-state index contributed by atoms with van der Waals surface area (Å²) >= 11 is 0. The number of nitrogens with zero attached hydrogens (tertiary/aromatic N) is 2. The van der Waals surface area contributed by atoms with Crippen LogP contribution in [0.2, 0.25) is 0 Å². The first-order chi connectivity index (χ1) is 18.4. The highest BCUT2D eigenvalue weighted by Crippen LogP contribution is 2.25. The van der Waals surface area contributed by atoms with Crippen molar-refractivity contribution in [2.24, 2.45) is 5.10 Å². The van der Waals surface area contributed by atoms with Crippen molar-refractivity contribution >= 4 is 27.8 Å². The molecule has 0 aliphatic rings. The average Bonchev–Trinajstić information content (AvgIpc) is 2.92. The molecule has 38 heavy (non-hydrogen) atoms. The fraction of sp³-hybridized carbons (Fsp3) is 0.103. The second kappa shape index (κ2) is 12.6. The van der Waals surface area contributed by atoms with Crippen LogP contribution < -0.4 is 19.2 Å². The predicted molar refractivity (Wildman–Crippen MR) is 148 cm³/mol. The van der Waals surface area contributed by atoms with E-state index in [1.165, 1.54) is 6.21 Å². The number of para-hydroxylation sites is 2. The molecule has 8 nitrogen and oxygen atoms in total. The number of hydrogen-bond acceptors (Lipinski definition) is 6. The number of hydrogen-bond donors (Lipinski definition) is 1. The molecule has 0 saturated carbocycles. The third kappa shape index (κ3) is 7.68. The lowest BCUT2D eigenvalue weighted by Crippen LogP contribution is -2.39. The van der Waals surface area contributed by atoms with Crippen LogP contribution in [0.3, 0.4) is 0 Å². The van der Waals surface area contributed by atoms with Gasteiger partial charge in [-0.05, 0) is 54.1 Å². The second-order valence-corrected chi connectivity index (χ2v) is 10.2. The fourth-order valence-corrected chi connectivity index (χ4v) is 4.36. The molecule has 0 bridgehead atoms. The highest BCUT2D eigenvalue weighted by atomic mass is 32.2. The third-order valence-corrected chi connectivity index (χ3v) is 6.48. The fourth-order valence-electron chi connectivity index (χ4n) is 3.50. The number of carbonyl (C=O) groups excluding carboxylic acids is 1. The van der Waals surface area contributed by atoms with Crippen molar-refractivity contribution in [3.05, 3.63) is 120 Å². The van der Waals surface area contributed by atoms with Crippen LogP contribution in [0.5, 0.6) is 17.2 Å². The Morgan fingerprint density at radius 1 is 0.842 bits per heavy atom. The minimum atomic E-state index is -3.74. The minimum Gasteiger partial charge on any atom is -0.488 e. The van der Waals surface area contributed by atoms with Gasteiger partial charge in [-0.15, -0.1) is 0 Å². The number of sulfonamides is 1. The molecular weight excluding hydrogens is 502 g/mol. The van der Waals surface area contributed by atoms with Gasteiger partial charge in [-0.2, -0.15) is 5.10 Å². The summed E-state index contributed by atoms with van der Waals surface area (Å²) in [6, 6.07) is 32.7. The van der Waals surface area contributed by atoms with Crippen molar-refractivity contribution in [2.75, 3.05) is 17.1 Å². The van der Waals surface area contributed by atoms with Crippen molar-refractivity contribution in [1.29, 1.82) is 0 Å². The lowest BCUT2D eigenvalue weighted by atomic mass is 10.2. The number of rotatable bonds is 11. The number of anilines is 1. The Balaban J connectivity index is 1.38. The molecule has 1 amide bonds. The van der Waals surface area contributed by atoms with E-state index in [4.69, 9.17) is 9.47 Å². The first-order valence-electron chi connectivity index (χ1n) is 11.8. The van der Waals surface area contributed by atoms with Crippen LogP contribution in [0.25, 0.3) is 0 Å². The minimum absolute atomic E-state index is 0.326. The van der Waals surface area contributed by atoms with E-state index in [2.05, 4.69) is 10.5 Å². The van der Waals surface area contributed by atoms with Gasteiger partial charge in [0.15, 0.2) is 0 Å². The number of benzene rings is 4. The molecule has 1 N–H and O–H groups in total. The molecular formula is C29H27N3O5S. The molecule has 0 fully saturated rings. The molecule has 9 heteroatoms. The lowest BCUT2D eigenvalue weighted by molar-refractivity contribution is -0.119. The Morgan fingerprint density at radius 2 is 1.45 bits per heavy atom. The quantitative estimate of drug-likeness (QED) is 0.218. The van der Waals surface area contributed by atoms with Gasteiger partial charge in [0, 0.05) is 5.56 Å². The Labute approximate surface area is 222 Å². The maximum Gasteiger partial charge on any atom is 0.260 e. The molecule has 4 rings (SSSR count). The van der Waals surface area contributed by atoms with E-state index in [0.717, 1.165) is 16.1 Å². The molecule has 4 aromatic carbocycles. The molecule has 0 saturated heterocycles. The monoisotopic (exact) mass is 529 g/mol. The molecule has 194 valence electrons. The largest absolute Gasteiger partial charge is 0.488 e. The summed E-state index contributed by atoms with van der Waals surface area (Å²) in [4.78, 5) is 12.6. The maximum atomic E-state index is 12.6. The van der Waals surface area contributed by atoms with Crippen molar-refractivity contribution in [3.63, 3.8) is 0 Å². The summed E-state index contributed by atoms with van der Waals surface area (Å²) in [6.45, 7) is -0.0578. The number of amides is 1. The van der Waals surface area contributed by atoms with Gasteiger partial charge in [0.05, 0.1) is 18.2 Å². The summed E-state index contributed by atoms with van der Waals surface area (Å²) in [7, 11) is -3.74. The SMILES string of the molecule is CS(=O)(=O)N(CC(=O)N/N=C\c1ccccc1OCc1ccccc1)c1ccc(Oc2ccccc2)cc1. The van der Waals surface area contributed by atoms with E-state index in [-0.39, 0.29) is 0 Å². The Bertz CT molecular complexity index is 1480. The van der Waals surface area contributed by atoms with Crippen LogP contribution in [0.15, 0.2) is 114 Å². The van der Waals surface area contributed by atoms with Gasteiger partial charge in [-0.25, -0.2) is 13.8 Å². The standard InChI is InChI=1S/C29H27N3O5S/c1-38(34,35)32(25-16-18-27(19-17-25)37-26-13-6-3-7-14-26)21-29(33)31-30-20-24-12-8-9-15-28(24)36-22-23-10-4-2-5-11-23/h2-20H,21-22H2,1H3,(H,31,33)/b30-20-. The summed E-state index contributed by atoms with van der Waals surface area (Å²) in [5, 5.41) is 4.00.